The summed E-state index contributed by atoms with van der Waals surface area (Å²) in [7, 11) is 0. The molecule has 6 rings (SSSR count). The number of imidazole rings is 1. The highest BCUT2D eigenvalue weighted by Crippen LogP contribution is 2.27. The predicted molar refractivity (Wildman–Crippen MR) is 128 cm³/mol. The van der Waals surface area contributed by atoms with Gasteiger partial charge in [0.25, 0.3) is 0 Å². The first-order valence-electron chi connectivity index (χ1n) is 11.1. The number of aromatic nitrogens is 5. The zero-order valence-corrected chi connectivity index (χ0v) is 19.4. The van der Waals surface area contributed by atoms with Crippen molar-refractivity contribution in [2.75, 3.05) is 31.1 Å². The van der Waals surface area contributed by atoms with E-state index in [9.17, 15) is 4.39 Å². The SMILES string of the molecule is Cc1ccc(-c2noc(CN3CCN(c4nn5cc(-c6ccc(F)cc6)nc5s4)CC3)n2)cc1. The lowest BCUT2D eigenvalue weighted by Crippen LogP contribution is -2.46. The molecule has 2 aromatic carbocycles. The quantitative estimate of drug-likeness (QED) is 0.376. The summed E-state index contributed by atoms with van der Waals surface area (Å²) in [6.07, 6.45) is 1.89. The average Bonchev–Trinajstić information content (AvgIpc) is 3.56. The second-order valence-electron chi connectivity index (χ2n) is 8.39. The third kappa shape index (κ3) is 4.17. The first-order chi connectivity index (χ1) is 16.6. The Hall–Kier alpha value is -3.63. The first kappa shape index (κ1) is 20.9. The molecule has 0 aliphatic carbocycles. The van der Waals surface area contributed by atoms with Crippen LogP contribution in [0.25, 0.3) is 27.6 Å². The summed E-state index contributed by atoms with van der Waals surface area (Å²) < 4.78 is 20.5. The highest BCUT2D eigenvalue weighted by molar-refractivity contribution is 7.20. The zero-order chi connectivity index (χ0) is 23.1. The van der Waals surface area contributed by atoms with Crippen LogP contribution in [0.1, 0.15) is 11.5 Å². The van der Waals surface area contributed by atoms with Crippen LogP contribution >= 0.6 is 11.3 Å². The first-order valence-corrected chi connectivity index (χ1v) is 11.9. The van der Waals surface area contributed by atoms with Crippen LogP contribution in [0.2, 0.25) is 0 Å². The molecule has 172 valence electrons. The molecule has 1 fully saturated rings. The normalized spacial score (nSPS) is 14.8. The number of hydrogen-bond acceptors (Lipinski definition) is 8. The molecule has 0 spiro atoms. The van der Waals surface area contributed by atoms with Gasteiger partial charge in [-0.1, -0.05) is 46.3 Å². The van der Waals surface area contributed by atoms with Gasteiger partial charge < -0.3 is 9.42 Å². The van der Waals surface area contributed by atoms with Gasteiger partial charge in [-0.3, -0.25) is 4.90 Å². The van der Waals surface area contributed by atoms with Gasteiger partial charge in [-0.25, -0.2) is 13.9 Å². The molecule has 0 unspecified atom stereocenters. The van der Waals surface area contributed by atoms with Crippen LogP contribution < -0.4 is 4.90 Å². The summed E-state index contributed by atoms with van der Waals surface area (Å²) in [6, 6.07) is 14.5. The minimum absolute atomic E-state index is 0.255. The monoisotopic (exact) mass is 475 g/mol. The molecule has 4 heterocycles. The van der Waals surface area contributed by atoms with E-state index in [1.165, 1.54) is 17.7 Å². The number of halogens is 1. The summed E-state index contributed by atoms with van der Waals surface area (Å²) in [5.41, 5.74) is 3.83. The van der Waals surface area contributed by atoms with Gasteiger partial charge in [0, 0.05) is 37.3 Å². The van der Waals surface area contributed by atoms with E-state index in [1.54, 1.807) is 28.0 Å². The molecule has 0 N–H and O–H groups in total. The van der Waals surface area contributed by atoms with E-state index in [4.69, 9.17) is 9.62 Å². The van der Waals surface area contributed by atoms with Crippen molar-refractivity contribution in [3.05, 3.63) is 72.0 Å². The van der Waals surface area contributed by atoms with E-state index in [1.807, 2.05) is 30.5 Å². The van der Waals surface area contributed by atoms with E-state index >= 15 is 0 Å². The fraction of sp³-hybridized carbons (Fsp3) is 0.250. The molecule has 0 radical (unpaired) electrons. The van der Waals surface area contributed by atoms with Crippen molar-refractivity contribution in [2.24, 2.45) is 0 Å². The second-order valence-corrected chi connectivity index (χ2v) is 9.32. The van der Waals surface area contributed by atoms with Crippen molar-refractivity contribution < 1.29 is 8.91 Å². The van der Waals surface area contributed by atoms with Crippen LogP contribution in [0.15, 0.2) is 59.3 Å². The number of aryl methyl sites for hydroxylation is 1. The van der Waals surface area contributed by atoms with Gasteiger partial charge in [0.15, 0.2) is 0 Å². The van der Waals surface area contributed by atoms with E-state index in [0.29, 0.717) is 18.3 Å². The van der Waals surface area contributed by atoms with Crippen LogP contribution in [0.3, 0.4) is 0 Å². The van der Waals surface area contributed by atoms with Crippen LogP contribution in [-0.2, 0) is 6.54 Å². The minimum atomic E-state index is -0.255. The van der Waals surface area contributed by atoms with Crippen molar-refractivity contribution in [1.29, 1.82) is 0 Å². The van der Waals surface area contributed by atoms with Crippen molar-refractivity contribution in [2.45, 2.75) is 13.5 Å². The number of piperazine rings is 1. The number of rotatable bonds is 5. The van der Waals surface area contributed by atoms with E-state index in [2.05, 4.69) is 31.8 Å². The Morgan fingerprint density at radius 3 is 2.41 bits per heavy atom. The molecule has 0 atom stereocenters. The molecule has 1 aliphatic heterocycles. The number of nitrogens with zero attached hydrogens (tertiary/aromatic N) is 7. The van der Waals surface area contributed by atoms with Crippen LogP contribution in [0, 0.1) is 12.7 Å². The van der Waals surface area contributed by atoms with Crippen molar-refractivity contribution in [3.63, 3.8) is 0 Å². The van der Waals surface area contributed by atoms with Crippen molar-refractivity contribution in [3.8, 4) is 22.6 Å². The highest BCUT2D eigenvalue weighted by atomic mass is 32.1. The molecule has 1 aliphatic rings. The number of fused-ring (bicyclic) bond motifs is 1. The molecule has 8 nitrogen and oxygen atoms in total. The summed E-state index contributed by atoms with van der Waals surface area (Å²) >= 11 is 1.56. The Morgan fingerprint density at radius 1 is 0.941 bits per heavy atom. The molecule has 0 saturated carbocycles. The summed E-state index contributed by atoms with van der Waals surface area (Å²) in [4.78, 5) is 14.6. The standard InChI is InChI=1S/C24H22FN7OS/c1-16-2-4-18(5-3-16)22-27-21(33-29-22)15-30-10-12-31(13-11-30)24-28-32-14-20(26-23(32)34-24)17-6-8-19(25)9-7-17/h2-9,14H,10-13,15H2,1H3. The Labute approximate surface area is 199 Å². The van der Waals surface area contributed by atoms with Crippen molar-refractivity contribution >= 4 is 21.4 Å². The molecular weight excluding hydrogens is 453 g/mol. The van der Waals surface area contributed by atoms with Gasteiger partial charge in [-0.2, -0.15) is 4.98 Å². The Morgan fingerprint density at radius 2 is 1.68 bits per heavy atom. The zero-order valence-electron chi connectivity index (χ0n) is 18.6. The number of hydrogen-bond donors (Lipinski definition) is 0. The highest BCUT2D eigenvalue weighted by Gasteiger charge is 2.22. The summed E-state index contributed by atoms with van der Waals surface area (Å²) in [6.45, 7) is 6.17. The lowest BCUT2D eigenvalue weighted by atomic mass is 10.1. The predicted octanol–water partition coefficient (Wildman–Crippen LogP) is 4.28. The van der Waals surface area contributed by atoms with Crippen LogP contribution in [0.4, 0.5) is 9.52 Å². The van der Waals surface area contributed by atoms with Crippen LogP contribution in [0.5, 0.6) is 0 Å². The third-order valence-electron chi connectivity index (χ3n) is 5.95. The molecule has 0 amide bonds. The third-order valence-corrected chi connectivity index (χ3v) is 6.94. The minimum Gasteiger partial charge on any atom is -0.344 e. The maximum Gasteiger partial charge on any atom is 0.241 e. The van der Waals surface area contributed by atoms with Crippen LogP contribution in [-0.4, -0.2) is 55.8 Å². The van der Waals surface area contributed by atoms with Gasteiger partial charge in [0.1, 0.15) is 5.82 Å². The summed E-state index contributed by atoms with van der Waals surface area (Å²) in [5, 5.41) is 9.80. The molecule has 3 aromatic heterocycles. The smallest absolute Gasteiger partial charge is 0.241 e. The fourth-order valence-corrected chi connectivity index (χ4v) is 4.94. The lowest BCUT2D eigenvalue weighted by Gasteiger charge is -2.33. The van der Waals surface area contributed by atoms with Gasteiger partial charge in [-0.05, 0) is 31.2 Å². The average molecular weight is 476 g/mol. The molecule has 5 aromatic rings. The molecule has 10 heteroatoms. The number of anilines is 1. The van der Waals surface area contributed by atoms with Gasteiger partial charge in [-0.15, -0.1) is 5.10 Å². The maximum atomic E-state index is 13.2. The van der Waals surface area contributed by atoms with Gasteiger partial charge in [0.05, 0.1) is 18.4 Å². The maximum absolute atomic E-state index is 13.2. The largest absolute Gasteiger partial charge is 0.344 e. The van der Waals surface area contributed by atoms with E-state index in [0.717, 1.165) is 53.1 Å². The molecule has 34 heavy (non-hydrogen) atoms. The van der Waals surface area contributed by atoms with E-state index in [-0.39, 0.29) is 5.82 Å². The Bertz CT molecular complexity index is 1380. The Balaban J connectivity index is 1.08. The number of benzene rings is 2. The van der Waals surface area contributed by atoms with E-state index < -0.39 is 0 Å². The second kappa shape index (κ2) is 8.62. The molecular formula is C24H22FN7OS. The molecule has 1 saturated heterocycles. The van der Waals surface area contributed by atoms with Crippen molar-refractivity contribution in [1.82, 2.24) is 29.6 Å². The lowest BCUT2D eigenvalue weighted by molar-refractivity contribution is 0.215. The summed E-state index contributed by atoms with van der Waals surface area (Å²) in [5.74, 6) is 1.000. The fourth-order valence-electron chi connectivity index (χ4n) is 4.00. The Kier molecular flexibility index (Phi) is 5.31. The molecule has 0 bridgehead atoms. The topological polar surface area (TPSA) is 75.6 Å². The van der Waals surface area contributed by atoms with Gasteiger partial charge >= 0.3 is 0 Å². The van der Waals surface area contributed by atoms with Gasteiger partial charge in [0.2, 0.25) is 21.8 Å².